The van der Waals surface area contributed by atoms with E-state index in [0.29, 0.717) is 12.2 Å². The number of hydrogen-bond donors (Lipinski definition) is 1. The Bertz CT molecular complexity index is 329. The normalized spacial score (nSPS) is 13.2. The molecular formula is C10H10Cl3NOS. The van der Waals surface area contributed by atoms with Gasteiger partial charge in [0.15, 0.2) is 0 Å². The maximum Gasteiger partial charge on any atom is 0.219 e. The number of halogens is 3. The Labute approximate surface area is 114 Å². The highest BCUT2D eigenvalue weighted by molar-refractivity contribution is 7.99. The Morgan fingerprint density at radius 3 is 2.44 bits per heavy atom. The molecule has 0 aliphatic carbocycles. The van der Waals surface area contributed by atoms with Crippen molar-refractivity contribution >= 4 is 53.0 Å². The van der Waals surface area contributed by atoms with E-state index in [4.69, 9.17) is 34.8 Å². The lowest BCUT2D eigenvalue weighted by atomic mass is 10.2. The standard InChI is InChI=1S/C10H10Cl3NOS/c11-10(12,13)9(14-7-15)16-6-8-4-2-1-3-5-8/h1-5,7,9H,6H2,(H,14,15)/t9-/m0/s1. The summed E-state index contributed by atoms with van der Waals surface area (Å²) in [7, 11) is 0. The van der Waals surface area contributed by atoms with Crippen molar-refractivity contribution in [3.63, 3.8) is 0 Å². The topological polar surface area (TPSA) is 29.1 Å². The average Bonchev–Trinajstić information content (AvgIpc) is 2.24. The number of alkyl halides is 3. The van der Waals surface area contributed by atoms with E-state index in [2.05, 4.69) is 5.32 Å². The van der Waals surface area contributed by atoms with Crippen LogP contribution in [0.1, 0.15) is 5.56 Å². The molecule has 16 heavy (non-hydrogen) atoms. The summed E-state index contributed by atoms with van der Waals surface area (Å²) in [6.07, 6.45) is 0.532. The highest BCUT2D eigenvalue weighted by Gasteiger charge is 2.32. The van der Waals surface area contributed by atoms with Gasteiger partial charge < -0.3 is 5.32 Å². The first-order chi connectivity index (χ1) is 7.54. The van der Waals surface area contributed by atoms with Crippen molar-refractivity contribution < 1.29 is 4.79 Å². The van der Waals surface area contributed by atoms with Gasteiger partial charge in [-0.2, -0.15) is 0 Å². The Morgan fingerprint density at radius 1 is 1.31 bits per heavy atom. The minimum Gasteiger partial charge on any atom is -0.343 e. The van der Waals surface area contributed by atoms with Crippen molar-refractivity contribution in [3.05, 3.63) is 35.9 Å². The SMILES string of the molecule is O=CN[C@@H](SCc1ccccc1)C(Cl)(Cl)Cl. The second kappa shape index (κ2) is 6.60. The van der Waals surface area contributed by atoms with Crippen LogP contribution in [0.25, 0.3) is 0 Å². The van der Waals surface area contributed by atoms with E-state index in [1.165, 1.54) is 11.8 Å². The molecule has 0 bridgehead atoms. The van der Waals surface area contributed by atoms with Crippen LogP contribution in [-0.2, 0) is 10.5 Å². The van der Waals surface area contributed by atoms with Gasteiger partial charge in [-0.25, -0.2) is 0 Å². The molecule has 0 unspecified atom stereocenters. The van der Waals surface area contributed by atoms with Crippen molar-refractivity contribution in [3.8, 4) is 0 Å². The summed E-state index contributed by atoms with van der Waals surface area (Å²) in [4.78, 5) is 10.4. The number of hydrogen-bond acceptors (Lipinski definition) is 2. The molecule has 0 saturated carbocycles. The first kappa shape index (κ1) is 14.0. The van der Waals surface area contributed by atoms with E-state index in [1.54, 1.807) is 0 Å². The van der Waals surface area contributed by atoms with Gasteiger partial charge in [0.25, 0.3) is 0 Å². The van der Waals surface area contributed by atoms with Crippen molar-refractivity contribution in [2.24, 2.45) is 0 Å². The quantitative estimate of drug-likeness (QED) is 0.513. The molecule has 1 aromatic rings. The van der Waals surface area contributed by atoms with E-state index >= 15 is 0 Å². The zero-order valence-corrected chi connectivity index (χ0v) is 11.3. The third kappa shape index (κ3) is 4.83. The van der Waals surface area contributed by atoms with Gasteiger partial charge in [0.05, 0.1) is 0 Å². The summed E-state index contributed by atoms with van der Waals surface area (Å²) in [5.74, 6) is 0.667. The van der Waals surface area contributed by atoms with Crippen molar-refractivity contribution in [1.82, 2.24) is 5.32 Å². The molecular weight excluding hydrogens is 289 g/mol. The first-order valence-corrected chi connectivity index (χ1v) is 6.64. The molecule has 0 spiro atoms. The van der Waals surface area contributed by atoms with Gasteiger partial charge in [-0.05, 0) is 5.56 Å². The lowest BCUT2D eigenvalue weighted by Gasteiger charge is -2.22. The Hall–Kier alpha value is -0.0900. The van der Waals surface area contributed by atoms with Crippen molar-refractivity contribution in [2.45, 2.75) is 14.9 Å². The number of benzene rings is 1. The molecule has 1 N–H and O–H groups in total. The van der Waals surface area contributed by atoms with Crippen LogP contribution in [0.4, 0.5) is 0 Å². The second-order valence-electron chi connectivity index (χ2n) is 3.00. The van der Waals surface area contributed by atoms with E-state index < -0.39 is 9.17 Å². The van der Waals surface area contributed by atoms with Crippen molar-refractivity contribution in [2.75, 3.05) is 0 Å². The van der Waals surface area contributed by atoms with Gasteiger partial charge in [-0.15, -0.1) is 11.8 Å². The third-order valence-corrected chi connectivity index (χ3v) is 4.14. The van der Waals surface area contributed by atoms with Crippen LogP contribution in [-0.4, -0.2) is 15.6 Å². The lowest BCUT2D eigenvalue weighted by Crippen LogP contribution is -2.36. The summed E-state index contributed by atoms with van der Waals surface area (Å²) >= 11 is 18.6. The third-order valence-electron chi connectivity index (χ3n) is 1.78. The highest BCUT2D eigenvalue weighted by Crippen LogP contribution is 2.37. The van der Waals surface area contributed by atoms with E-state index in [9.17, 15) is 4.79 Å². The fourth-order valence-corrected chi connectivity index (χ4v) is 2.70. The number of carbonyl (C=O) groups is 1. The summed E-state index contributed by atoms with van der Waals surface area (Å²) in [6.45, 7) is 0. The van der Waals surface area contributed by atoms with Crippen LogP contribution < -0.4 is 5.32 Å². The molecule has 0 fully saturated rings. The Kier molecular flexibility index (Phi) is 5.76. The van der Waals surface area contributed by atoms with Gasteiger partial charge in [-0.1, -0.05) is 65.1 Å². The Morgan fingerprint density at radius 2 is 1.94 bits per heavy atom. The van der Waals surface area contributed by atoms with E-state index in [-0.39, 0.29) is 0 Å². The molecule has 1 amide bonds. The van der Waals surface area contributed by atoms with Gasteiger partial charge in [0.1, 0.15) is 5.37 Å². The van der Waals surface area contributed by atoms with Gasteiger partial charge in [0, 0.05) is 5.75 Å². The highest BCUT2D eigenvalue weighted by atomic mass is 35.6. The maximum absolute atomic E-state index is 10.4. The largest absolute Gasteiger partial charge is 0.343 e. The van der Waals surface area contributed by atoms with Gasteiger partial charge >= 0.3 is 0 Å². The fraction of sp³-hybridized carbons (Fsp3) is 0.300. The van der Waals surface area contributed by atoms with E-state index in [0.717, 1.165) is 5.56 Å². The molecule has 88 valence electrons. The van der Waals surface area contributed by atoms with Crippen LogP contribution in [0.5, 0.6) is 0 Å². The molecule has 1 aromatic carbocycles. The first-order valence-electron chi connectivity index (χ1n) is 4.46. The Balaban J connectivity index is 2.54. The van der Waals surface area contributed by atoms with Crippen molar-refractivity contribution in [1.29, 1.82) is 0 Å². The summed E-state index contributed by atoms with van der Waals surface area (Å²) in [5, 5.41) is 1.92. The fourth-order valence-electron chi connectivity index (χ4n) is 1.05. The number of rotatable bonds is 5. The second-order valence-corrected chi connectivity index (χ2v) is 6.47. The van der Waals surface area contributed by atoms with Crippen LogP contribution in [0.3, 0.4) is 0 Å². The van der Waals surface area contributed by atoms with Gasteiger partial charge in [0.2, 0.25) is 10.2 Å². The minimum atomic E-state index is -1.51. The number of carbonyl (C=O) groups excluding carboxylic acids is 1. The molecule has 1 atom stereocenters. The number of nitrogens with one attached hydrogen (secondary N) is 1. The molecule has 0 heterocycles. The van der Waals surface area contributed by atoms with E-state index in [1.807, 2.05) is 30.3 Å². The van der Waals surface area contributed by atoms with Crippen LogP contribution in [0.15, 0.2) is 30.3 Å². The molecule has 0 aromatic heterocycles. The van der Waals surface area contributed by atoms with Crippen LogP contribution >= 0.6 is 46.6 Å². The van der Waals surface area contributed by atoms with Crippen LogP contribution in [0, 0.1) is 0 Å². The predicted molar refractivity (Wildman–Crippen MR) is 71.0 cm³/mol. The van der Waals surface area contributed by atoms with Gasteiger partial charge in [-0.3, -0.25) is 4.79 Å². The molecule has 1 rings (SSSR count). The average molecular weight is 299 g/mol. The molecule has 0 saturated heterocycles. The summed E-state index contributed by atoms with van der Waals surface area (Å²) in [6, 6.07) is 9.76. The molecule has 0 aliphatic heterocycles. The monoisotopic (exact) mass is 297 g/mol. The summed E-state index contributed by atoms with van der Waals surface area (Å²) in [5.41, 5.74) is 1.11. The molecule has 2 nitrogen and oxygen atoms in total. The molecule has 0 aliphatic rings. The predicted octanol–water partition coefficient (Wildman–Crippen LogP) is 3.36. The molecule has 0 radical (unpaired) electrons. The maximum atomic E-state index is 10.4. The zero-order valence-electron chi connectivity index (χ0n) is 8.20. The zero-order chi connectivity index (χ0) is 12.0. The number of amides is 1. The smallest absolute Gasteiger partial charge is 0.219 e. The lowest BCUT2D eigenvalue weighted by molar-refractivity contribution is -0.109. The molecule has 6 heteroatoms. The minimum absolute atomic E-state index is 0.532. The van der Waals surface area contributed by atoms with Crippen LogP contribution in [0.2, 0.25) is 0 Å². The summed E-state index contributed by atoms with van der Waals surface area (Å²) < 4.78 is -1.51. The number of thioether (sulfide) groups is 1.